The number of ketones is 1. The lowest BCUT2D eigenvalue weighted by molar-refractivity contribution is -0.117. The van der Waals surface area contributed by atoms with E-state index in [9.17, 15) is 4.79 Å². The second-order valence-corrected chi connectivity index (χ2v) is 2.91. The van der Waals surface area contributed by atoms with Crippen LogP contribution in [0.15, 0.2) is 0 Å². The van der Waals surface area contributed by atoms with Gasteiger partial charge in [0, 0.05) is 6.42 Å². The fraction of sp³-hybridized carbons (Fsp3) is 0.889. The highest BCUT2D eigenvalue weighted by atomic mass is 35.5. The number of Topliss-reactive ketones (excluding diaryl/α,β-unsaturated/α-hetero) is 1. The molecule has 0 aromatic carbocycles. The maximum Gasteiger partial charge on any atom is 0.146 e. The molecule has 74 valence electrons. The van der Waals surface area contributed by atoms with Crippen molar-refractivity contribution in [1.82, 2.24) is 0 Å². The van der Waals surface area contributed by atoms with Crippen molar-refractivity contribution in [3.05, 3.63) is 0 Å². The first-order valence-electron chi connectivity index (χ1n) is 4.53. The third-order valence-electron chi connectivity index (χ3n) is 1.79. The summed E-state index contributed by atoms with van der Waals surface area (Å²) in [6.45, 7) is 2.40. The fourth-order valence-electron chi connectivity index (χ4n) is 1.03. The number of nitrogens with two attached hydrogens (primary N) is 1. The number of carbonyl (C=O) groups is 1. The van der Waals surface area contributed by atoms with Crippen molar-refractivity contribution in [3.63, 3.8) is 0 Å². The minimum Gasteiger partial charge on any atom is -0.324 e. The molecular formula is C9H20ClNO. The third-order valence-corrected chi connectivity index (χ3v) is 1.79. The molecule has 2 N–H and O–H groups in total. The van der Waals surface area contributed by atoms with Gasteiger partial charge in [0.25, 0.3) is 0 Å². The quantitative estimate of drug-likeness (QED) is 0.631. The van der Waals surface area contributed by atoms with E-state index in [0.29, 0.717) is 6.42 Å². The van der Waals surface area contributed by atoms with E-state index in [0.717, 1.165) is 6.42 Å². The first-order valence-corrected chi connectivity index (χ1v) is 4.53. The molecule has 0 saturated heterocycles. The molecule has 0 aromatic rings. The van der Waals surface area contributed by atoms with Crippen LogP contribution in [0.5, 0.6) is 0 Å². The summed E-state index contributed by atoms with van der Waals surface area (Å²) in [5, 5.41) is 0. The van der Waals surface area contributed by atoms with Crippen LogP contribution in [0, 0.1) is 0 Å². The van der Waals surface area contributed by atoms with Crippen LogP contribution in [0.1, 0.15) is 45.4 Å². The van der Waals surface area contributed by atoms with E-state index in [2.05, 4.69) is 6.92 Å². The van der Waals surface area contributed by atoms with Crippen LogP contribution in [0.3, 0.4) is 0 Å². The Bertz CT molecular complexity index is 107. The molecule has 0 atom stereocenters. The maximum absolute atomic E-state index is 10.7. The molecule has 0 aliphatic rings. The van der Waals surface area contributed by atoms with E-state index in [1.807, 2.05) is 0 Å². The lowest BCUT2D eigenvalue weighted by Gasteiger charge is -1.97. The summed E-state index contributed by atoms with van der Waals surface area (Å²) in [7, 11) is 0. The van der Waals surface area contributed by atoms with Gasteiger partial charge >= 0.3 is 0 Å². The maximum atomic E-state index is 10.7. The van der Waals surface area contributed by atoms with Crippen LogP contribution in [-0.4, -0.2) is 12.3 Å². The predicted octanol–water partition coefficient (Wildman–Crippen LogP) is 2.30. The van der Waals surface area contributed by atoms with Gasteiger partial charge < -0.3 is 5.73 Å². The van der Waals surface area contributed by atoms with Crippen molar-refractivity contribution in [1.29, 1.82) is 0 Å². The lowest BCUT2D eigenvalue weighted by atomic mass is 10.1. The minimum atomic E-state index is 0. The molecule has 0 aliphatic carbocycles. The second kappa shape index (κ2) is 10.9. The van der Waals surface area contributed by atoms with Crippen molar-refractivity contribution < 1.29 is 4.79 Å². The molecule has 0 saturated carbocycles. The van der Waals surface area contributed by atoms with Gasteiger partial charge in [-0.1, -0.05) is 32.6 Å². The van der Waals surface area contributed by atoms with Gasteiger partial charge in [-0.15, -0.1) is 12.4 Å². The molecule has 3 heteroatoms. The van der Waals surface area contributed by atoms with Gasteiger partial charge in [0.15, 0.2) is 0 Å². The van der Waals surface area contributed by atoms with Crippen LogP contribution in [0.25, 0.3) is 0 Å². The molecule has 0 aromatic heterocycles. The summed E-state index contributed by atoms with van der Waals surface area (Å²) in [4.78, 5) is 10.7. The first kappa shape index (κ1) is 14.4. The summed E-state index contributed by atoms with van der Waals surface area (Å²) >= 11 is 0. The summed E-state index contributed by atoms with van der Waals surface area (Å²) in [5.74, 6) is 0.196. The highest BCUT2D eigenvalue weighted by Crippen LogP contribution is 2.04. The van der Waals surface area contributed by atoms with Crippen molar-refractivity contribution in [3.8, 4) is 0 Å². The van der Waals surface area contributed by atoms with Gasteiger partial charge in [0.2, 0.25) is 0 Å². The Morgan fingerprint density at radius 3 is 2.25 bits per heavy atom. The first-order chi connectivity index (χ1) is 5.31. The number of hydrogen-bond acceptors (Lipinski definition) is 2. The number of halogens is 1. The van der Waals surface area contributed by atoms with Gasteiger partial charge in [-0.05, 0) is 6.42 Å². The van der Waals surface area contributed by atoms with Crippen molar-refractivity contribution in [2.24, 2.45) is 5.73 Å². The molecule has 0 rings (SSSR count). The van der Waals surface area contributed by atoms with Crippen LogP contribution < -0.4 is 5.73 Å². The Morgan fingerprint density at radius 2 is 1.75 bits per heavy atom. The molecule has 0 radical (unpaired) electrons. The number of hydrogen-bond donors (Lipinski definition) is 1. The smallest absolute Gasteiger partial charge is 0.146 e. The van der Waals surface area contributed by atoms with E-state index in [1.165, 1.54) is 25.7 Å². The molecule has 0 spiro atoms. The van der Waals surface area contributed by atoms with Crippen molar-refractivity contribution in [2.45, 2.75) is 45.4 Å². The van der Waals surface area contributed by atoms with Crippen molar-refractivity contribution >= 4 is 18.2 Å². The van der Waals surface area contributed by atoms with Gasteiger partial charge in [-0.2, -0.15) is 0 Å². The molecule has 0 bridgehead atoms. The zero-order valence-electron chi connectivity index (χ0n) is 7.84. The number of unbranched alkanes of at least 4 members (excludes halogenated alkanes) is 4. The third kappa shape index (κ3) is 9.92. The van der Waals surface area contributed by atoms with E-state index in [1.54, 1.807) is 0 Å². The number of carbonyl (C=O) groups excluding carboxylic acids is 1. The Morgan fingerprint density at radius 1 is 1.17 bits per heavy atom. The van der Waals surface area contributed by atoms with Crippen molar-refractivity contribution in [2.75, 3.05) is 6.54 Å². The van der Waals surface area contributed by atoms with E-state index >= 15 is 0 Å². The Labute approximate surface area is 81.3 Å². The Balaban J connectivity index is 0. The largest absolute Gasteiger partial charge is 0.324 e. The molecule has 0 unspecified atom stereocenters. The van der Waals surface area contributed by atoms with Gasteiger partial charge in [-0.25, -0.2) is 0 Å². The van der Waals surface area contributed by atoms with Crippen LogP contribution in [-0.2, 0) is 4.79 Å². The normalized spacial score (nSPS) is 9.17. The molecular weight excluding hydrogens is 174 g/mol. The number of rotatable bonds is 7. The Kier molecular flexibility index (Phi) is 13.1. The molecule has 0 heterocycles. The van der Waals surface area contributed by atoms with Crippen LogP contribution in [0.2, 0.25) is 0 Å². The topological polar surface area (TPSA) is 43.1 Å². The SMILES string of the molecule is CCCCCCCC(=O)CN.Cl. The molecule has 12 heavy (non-hydrogen) atoms. The van der Waals surface area contributed by atoms with Crippen LogP contribution >= 0.6 is 12.4 Å². The summed E-state index contributed by atoms with van der Waals surface area (Å²) in [6, 6.07) is 0. The van der Waals surface area contributed by atoms with Gasteiger partial charge in [-0.3, -0.25) is 4.79 Å². The van der Waals surface area contributed by atoms with E-state index in [-0.39, 0.29) is 24.7 Å². The highest BCUT2D eigenvalue weighted by molar-refractivity contribution is 5.85. The van der Waals surface area contributed by atoms with E-state index in [4.69, 9.17) is 5.73 Å². The zero-order valence-corrected chi connectivity index (χ0v) is 8.66. The lowest BCUT2D eigenvalue weighted by Crippen LogP contribution is -2.12. The van der Waals surface area contributed by atoms with E-state index < -0.39 is 0 Å². The fourth-order valence-corrected chi connectivity index (χ4v) is 1.03. The Hall–Kier alpha value is -0.0800. The van der Waals surface area contributed by atoms with Crippen LogP contribution in [0.4, 0.5) is 0 Å². The summed E-state index contributed by atoms with van der Waals surface area (Å²) in [6.07, 6.45) is 6.69. The highest BCUT2D eigenvalue weighted by Gasteiger charge is 1.96. The molecule has 2 nitrogen and oxygen atoms in total. The minimum absolute atomic E-state index is 0. The molecule has 0 aliphatic heterocycles. The average Bonchev–Trinajstić information content (AvgIpc) is 2.04. The molecule has 0 fully saturated rings. The zero-order chi connectivity index (χ0) is 8.53. The standard InChI is InChI=1S/C9H19NO.ClH/c1-2-3-4-5-6-7-9(11)8-10;/h2-8,10H2,1H3;1H. The molecule has 0 amide bonds. The second-order valence-electron chi connectivity index (χ2n) is 2.91. The predicted molar refractivity (Wildman–Crippen MR) is 54.7 cm³/mol. The average molecular weight is 194 g/mol. The summed E-state index contributed by atoms with van der Waals surface area (Å²) < 4.78 is 0. The monoisotopic (exact) mass is 193 g/mol. The summed E-state index contributed by atoms with van der Waals surface area (Å²) in [5.41, 5.74) is 5.16. The van der Waals surface area contributed by atoms with Gasteiger partial charge in [0.05, 0.1) is 6.54 Å². The van der Waals surface area contributed by atoms with Gasteiger partial charge in [0.1, 0.15) is 5.78 Å².